The van der Waals surface area contributed by atoms with Crippen LogP contribution in [0.2, 0.25) is 0 Å². The Morgan fingerprint density at radius 3 is 2.35 bits per heavy atom. The topological polar surface area (TPSA) is 164 Å². The first kappa shape index (κ1) is 27.4. The Morgan fingerprint density at radius 1 is 1.11 bits per heavy atom. The van der Waals surface area contributed by atoms with Crippen LogP contribution in [0.3, 0.4) is 0 Å². The van der Waals surface area contributed by atoms with Gasteiger partial charge in [0.1, 0.15) is 18.8 Å². The van der Waals surface area contributed by atoms with E-state index in [1.807, 2.05) is 32.0 Å². The number of benzene rings is 1. The maximum absolute atomic E-state index is 13.7. The van der Waals surface area contributed by atoms with Crippen LogP contribution in [0.15, 0.2) is 16.9 Å². The van der Waals surface area contributed by atoms with Crippen molar-refractivity contribution in [3.63, 3.8) is 0 Å². The van der Waals surface area contributed by atoms with E-state index in [9.17, 15) is 14.4 Å². The lowest BCUT2D eigenvalue weighted by Crippen LogP contribution is -2.42. The molecule has 2 heterocycles. The summed E-state index contributed by atoms with van der Waals surface area (Å²) in [6.07, 6.45) is -1.74. The number of fused-ring (bicyclic) bond motifs is 1. The minimum absolute atomic E-state index is 0.0337. The van der Waals surface area contributed by atoms with E-state index < -0.39 is 35.6 Å². The SMILES string of the molecule is CC(=O)O[C@@H](Cn1c(=O)c(-c2nnnn2C)nc2cc(C)c(C)cc21)[C@H](C)[C@@H](COCC#N)OC(C)=O. The Bertz CT molecular complexity index is 1410. The smallest absolute Gasteiger partial charge is 0.302 e. The highest BCUT2D eigenvalue weighted by Crippen LogP contribution is 2.23. The number of nitrogens with zero attached hydrogens (tertiary/aromatic N) is 7. The van der Waals surface area contributed by atoms with E-state index in [0.717, 1.165) is 11.1 Å². The molecule has 0 fully saturated rings. The molecule has 196 valence electrons. The quantitative estimate of drug-likeness (QED) is 0.284. The number of rotatable bonds is 10. The standard InChI is InChI=1S/C24H29N7O6/c1-13-9-18-19(10-14(13)2)31(24(34)22(26-18)23-27-28-29-30(23)6)11-20(36-16(4)32)15(3)21(37-17(5)33)12-35-8-7-25/h9-10,15,20-21H,8,11-12H2,1-6H3/t15-,20-,21+/m0/s1. The van der Waals surface area contributed by atoms with Gasteiger partial charge in [0.05, 0.1) is 30.3 Å². The molecule has 0 unspecified atom stereocenters. The number of carbonyl (C=O) groups is 2. The van der Waals surface area contributed by atoms with Crippen molar-refractivity contribution < 1.29 is 23.8 Å². The number of ether oxygens (including phenoxy) is 3. The lowest BCUT2D eigenvalue weighted by molar-refractivity contribution is -0.162. The number of hydrogen-bond donors (Lipinski definition) is 0. The van der Waals surface area contributed by atoms with Gasteiger partial charge in [-0.15, -0.1) is 5.10 Å². The van der Waals surface area contributed by atoms with Gasteiger partial charge in [-0.1, -0.05) is 6.92 Å². The lowest BCUT2D eigenvalue weighted by atomic mass is 9.97. The molecule has 0 bridgehead atoms. The molecule has 0 saturated heterocycles. The maximum atomic E-state index is 13.7. The monoisotopic (exact) mass is 511 g/mol. The van der Waals surface area contributed by atoms with Crippen LogP contribution in [0, 0.1) is 31.1 Å². The average molecular weight is 512 g/mol. The van der Waals surface area contributed by atoms with E-state index >= 15 is 0 Å². The second-order valence-electron chi connectivity index (χ2n) is 8.76. The van der Waals surface area contributed by atoms with Gasteiger partial charge in [0.15, 0.2) is 5.69 Å². The molecule has 13 heteroatoms. The highest BCUT2D eigenvalue weighted by atomic mass is 16.6. The highest BCUT2D eigenvalue weighted by Gasteiger charge is 2.32. The fraction of sp³-hybridized carbons (Fsp3) is 0.500. The zero-order chi connectivity index (χ0) is 27.3. The van der Waals surface area contributed by atoms with E-state index in [2.05, 4.69) is 20.5 Å². The molecule has 3 rings (SSSR count). The van der Waals surface area contributed by atoms with Crippen LogP contribution in [0.25, 0.3) is 22.6 Å². The summed E-state index contributed by atoms with van der Waals surface area (Å²) in [5, 5.41) is 20.2. The van der Waals surface area contributed by atoms with Crippen LogP contribution in [-0.2, 0) is 37.4 Å². The van der Waals surface area contributed by atoms with Crippen molar-refractivity contribution in [3.05, 3.63) is 33.6 Å². The zero-order valence-corrected chi connectivity index (χ0v) is 21.6. The van der Waals surface area contributed by atoms with E-state index in [1.54, 1.807) is 14.0 Å². The normalized spacial score (nSPS) is 13.5. The molecule has 3 aromatic rings. The Kier molecular flexibility index (Phi) is 8.67. The van der Waals surface area contributed by atoms with E-state index in [4.69, 9.17) is 19.5 Å². The summed E-state index contributed by atoms with van der Waals surface area (Å²) < 4.78 is 19.1. The predicted octanol–water partition coefficient (Wildman–Crippen LogP) is 1.24. The molecule has 13 nitrogen and oxygen atoms in total. The van der Waals surface area contributed by atoms with Crippen LogP contribution in [0.1, 0.15) is 31.9 Å². The minimum Gasteiger partial charge on any atom is -0.460 e. The predicted molar refractivity (Wildman–Crippen MR) is 130 cm³/mol. The van der Waals surface area contributed by atoms with Crippen molar-refractivity contribution in [3.8, 4) is 17.6 Å². The van der Waals surface area contributed by atoms with Crippen molar-refractivity contribution in [2.24, 2.45) is 13.0 Å². The molecule has 0 aliphatic rings. The largest absolute Gasteiger partial charge is 0.460 e. The van der Waals surface area contributed by atoms with E-state index in [1.165, 1.54) is 23.1 Å². The first-order valence-corrected chi connectivity index (χ1v) is 11.6. The fourth-order valence-corrected chi connectivity index (χ4v) is 3.92. The lowest BCUT2D eigenvalue weighted by Gasteiger charge is -2.30. The summed E-state index contributed by atoms with van der Waals surface area (Å²) in [6.45, 7) is 7.70. The summed E-state index contributed by atoms with van der Waals surface area (Å²) in [5.74, 6) is -1.56. The minimum atomic E-state index is -0.900. The van der Waals surface area contributed by atoms with Crippen molar-refractivity contribution in [2.45, 2.75) is 53.4 Å². The van der Waals surface area contributed by atoms with Gasteiger partial charge in [-0.3, -0.25) is 14.4 Å². The van der Waals surface area contributed by atoms with Crippen LogP contribution in [0.4, 0.5) is 0 Å². The molecule has 0 aliphatic heterocycles. The van der Waals surface area contributed by atoms with Crippen molar-refractivity contribution in [2.75, 3.05) is 13.2 Å². The third-order valence-electron chi connectivity index (χ3n) is 6.01. The average Bonchev–Trinajstić information content (AvgIpc) is 3.25. The number of carbonyl (C=O) groups excluding carboxylic acids is 2. The van der Waals surface area contributed by atoms with Gasteiger partial charge >= 0.3 is 11.9 Å². The number of aromatic nitrogens is 6. The van der Waals surface area contributed by atoms with Crippen LogP contribution < -0.4 is 5.56 Å². The third kappa shape index (κ3) is 6.34. The summed E-state index contributed by atoms with van der Waals surface area (Å²) in [5.41, 5.74) is 2.52. The molecule has 37 heavy (non-hydrogen) atoms. The number of nitriles is 1. The van der Waals surface area contributed by atoms with Crippen LogP contribution in [-0.4, -0.2) is 67.1 Å². The van der Waals surface area contributed by atoms with Gasteiger partial charge in [0.2, 0.25) is 5.82 Å². The Balaban J connectivity index is 2.15. The number of tetrazole rings is 1. The van der Waals surface area contributed by atoms with Crippen LogP contribution >= 0.6 is 0 Å². The summed E-state index contributed by atoms with van der Waals surface area (Å²) in [6, 6.07) is 5.56. The molecule has 0 saturated carbocycles. The van der Waals surface area contributed by atoms with Crippen LogP contribution in [0.5, 0.6) is 0 Å². The summed E-state index contributed by atoms with van der Waals surface area (Å²) >= 11 is 0. The molecular weight excluding hydrogens is 482 g/mol. The van der Waals surface area contributed by atoms with Crippen molar-refractivity contribution in [1.29, 1.82) is 5.26 Å². The highest BCUT2D eigenvalue weighted by molar-refractivity contribution is 5.79. The summed E-state index contributed by atoms with van der Waals surface area (Å²) in [7, 11) is 1.60. The zero-order valence-electron chi connectivity index (χ0n) is 21.6. The molecule has 1 aromatic carbocycles. The molecule has 0 spiro atoms. The Hall–Kier alpha value is -4.18. The second kappa shape index (κ2) is 11.7. The van der Waals surface area contributed by atoms with Gasteiger partial charge in [-0.2, -0.15) is 5.26 Å². The maximum Gasteiger partial charge on any atom is 0.302 e. The molecule has 0 N–H and O–H groups in total. The molecule has 2 aromatic heterocycles. The van der Waals surface area contributed by atoms with E-state index in [0.29, 0.717) is 11.0 Å². The number of hydrogen-bond acceptors (Lipinski definition) is 11. The van der Waals surface area contributed by atoms with Gasteiger partial charge in [-0.05, 0) is 47.5 Å². The van der Waals surface area contributed by atoms with Gasteiger partial charge in [-0.25, -0.2) is 9.67 Å². The summed E-state index contributed by atoms with van der Waals surface area (Å²) in [4.78, 5) is 42.1. The molecule has 0 aliphatic carbocycles. The molecular formula is C24H29N7O6. The first-order chi connectivity index (χ1) is 17.5. The van der Waals surface area contributed by atoms with E-state index in [-0.39, 0.29) is 31.3 Å². The van der Waals surface area contributed by atoms with Gasteiger partial charge in [0.25, 0.3) is 5.56 Å². The van der Waals surface area contributed by atoms with Gasteiger partial charge in [0, 0.05) is 26.8 Å². The number of esters is 2. The molecule has 0 radical (unpaired) electrons. The van der Waals surface area contributed by atoms with Crippen molar-refractivity contribution >= 4 is 23.0 Å². The molecule has 3 atom stereocenters. The second-order valence-corrected chi connectivity index (χ2v) is 8.76. The number of aryl methyl sites for hydroxylation is 3. The Labute approximate surface area is 212 Å². The Morgan fingerprint density at radius 2 is 1.76 bits per heavy atom. The molecule has 0 amide bonds. The first-order valence-electron chi connectivity index (χ1n) is 11.6. The van der Waals surface area contributed by atoms with Crippen molar-refractivity contribution in [1.82, 2.24) is 29.8 Å². The van der Waals surface area contributed by atoms with Gasteiger partial charge < -0.3 is 18.8 Å². The fourth-order valence-electron chi connectivity index (χ4n) is 3.92. The third-order valence-corrected chi connectivity index (χ3v) is 6.01.